The first-order valence-corrected chi connectivity index (χ1v) is 18.3. The van der Waals surface area contributed by atoms with Crippen LogP contribution in [-0.2, 0) is 42.1 Å². The largest absolute Gasteiger partial charge is 4.00 e. The van der Waals surface area contributed by atoms with Crippen molar-refractivity contribution in [3.05, 3.63) is 219 Å². The molecule has 0 atom stereocenters. The first kappa shape index (κ1) is 42.8. The van der Waals surface area contributed by atoms with Gasteiger partial charge in [0, 0.05) is 46.8 Å². The molecule has 0 N–H and O–H groups in total. The maximum atomic E-state index is 6.57. The Morgan fingerprint density at radius 3 is 1.93 bits per heavy atom. The van der Waals surface area contributed by atoms with Crippen molar-refractivity contribution in [1.29, 1.82) is 0 Å². The number of hydrogen-bond donors (Lipinski definition) is 0. The Kier molecular flexibility index (Phi) is 14.8. The molecule has 2 aromatic heterocycles. The number of para-hydroxylation sites is 3. The van der Waals surface area contributed by atoms with Crippen LogP contribution in [0.4, 0.5) is 22.7 Å². The van der Waals surface area contributed by atoms with E-state index in [1.165, 1.54) is 0 Å². The molecule has 6 aromatic carbocycles. The van der Waals surface area contributed by atoms with E-state index >= 15 is 0 Å². The van der Waals surface area contributed by atoms with Gasteiger partial charge in [-0.15, -0.1) is 42.0 Å². The molecule has 292 valence electrons. The molecule has 1 aliphatic heterocycles. The summed E-state index contributed by atoms with van der Waals surface area (Å²) < 4.78 is 17.8. The maximum absolute atomic E-state index is 6.57. The van der Waals surface area contributed by atoms with Crippen molar-refractivity contribution in [1.82, 2.24) is 9.55 Å². The summed E-state index contributed by atoms with van der Waals surface area (Å²) in [6.07, 6.45) is 15.6. The molecule has 0 amide bonds. The van der Waals surface area contributed by atoms with E-state index in [4.69, 9.17) is 15.9 Å². The van der Waals surface area contributed by atoms with Crippen LogP contribution in [0.2, 0.25) is 0 Å². The fraction of sp³-hybridized carbons (Fsp3) is 0.0196. The molecule has 0 spiro atoms. The van der Waals surface area contributed by atoms with Crippen LogP contribution in [-0.4, -0.2) is 31.8 Å². The molecule has 1 aliphatic rings. The first-order chi connectivity index (χ1) is 28.6. The Labute approximate surface area is 379 Å². The predicted molar refractivity (Wildman–Crippen MR) is 224 cm³/mol. The fourth-order valence-corrected chi connectivity index (χ4v) is 6.07. The van der Waals surface area contributed by atoms with Gasteiger partial charge in [-0.25, -0.2) is 18.2 Å². The van der Waals surface area contributed by atoms with Crippen molar-refractivity contribution in [2.24, 2.45) is 0 Å². The van der Waals surface area contributed by atoms with E-state index < -0.39 is 0 Å². The Hall–Kier alpha value is -6.79. The Morgan fingerprint density at radius 2 is 1.28 bits per heavy atom. The normalized spacial score (nSPS) is 11.0. The summed E-state index contributed by atoms with van der Waals surface area (Å²) in [6, 6.07) is 71.3. The molecule has 8 aromatic rings. The van der Waals surface area contributed by atoms with Gasteiger partial charge in [0.25, 0.3) is 6.20 Å². The summed E-state index contributed by atoms with van der Waals surface area (Å²) in [5.74, 6) is 2.25. The summed E-state index contributed by atoms with van der Waals surface area (Å²) in [7, 11) is 1.92. The third-order valence-corrected chi connectivity index (χ3v) is 8.73. The smallest absolute Gasteiger partial charge is 0.669 e. The molecule has 0 fully saturated rings. The number of anilines is 3. The molecule has 60 heavy (non-hydrogen) atoms. The fourth-order valence-electron chi connectivity index (χ4n) is 6.07. The molecule has 9 heteroatoms. The quantitative estimate of drug-likeness (QED) is 0.0778. The van der Waals surface area contributed by atoms with Gasteiger partial charge >= 0.3 is 48.1 Å². The average Bonchev–Trinajstić information content (AvgIpc) is 3.98. The number of nitrogens with zero attached hydrogens (tertiary/aromatic N) is 5. The van der Waals surface area contributed by atoms with Gasteiger partial charge in [0.1, 0.15) is 5.69 Å². The van der Waals surface area contributed by atoms with Crippen molar-refractivity contribution >= 4 is 28.8 Å². The van der Waals surface area contributed by atoms with Gasteiger partial charge in [-0.05, 0) is 42.1 Å². The molecule has 0 bridgehead atoms. The zero-order valence-corrected chi connectivity index (χ0v) is 36.5. The van der Waals surface area contributed by atoms with Gasteiger partial charge in [0.2, 0.25) is 6.20 Å². The second-order valence-electron chi connectivity index (χ2n) is 12.8. The number of pyridine rings is 1. The van der Waals surface area contributed by atoms with Crippen molar-refractivity contribution in [3.63, 3.8) is 0 Å². The van der Waals surface area contributed by atoms with Crippen LogP contribution in [0.25, 0.3) is 22.4 Å². The molecule has 0 saturated heterocycles. The van der Waals surface area contributed by atoms with Crippen molar-refractivity contribution in [3.8, 4) is 51.4 Å². The number of aromatic nitrogens is 2. The zero-order chi connectivity index (χ0) is 39.5. The van der Waals surface area contributed by atoms with Gasteiger partial charge in [-0.2, -0.15) is 36.4 Å². The monoisotopic (exact) mass is 1140 g/mol. The molecule has 9 rings (SSSR count). The third kappa shape index (κ3) is 10.8. The summed E-state index contributed by atoms with van der Waals surface area (Å²) >= 11 is 0. The van der Waals surface area contributed by atoms with Crippen LogP contribution >= 0.6 is 0 Å². The molecular weight excluding hydrogens is 1100 g/mol. The molecule has 0 radical (unpaired) electrons. The van der Waals surface area contributed by atoms with E-state index in [0.29, 0.717) is 28.7 Å². The second kappa shape index (κ2) is 20.8. The van der Waals surface area contributed by atoms with Gasteiger partial charge < -0.3 is 30.3 Å². The molecule has 0 saturated carbocycles. The first-order valence-electron chi connectivity index (χ1n) is 18.3. The van der Waals surface area contributed by atoms with Crippen molar-refractivity contribution in [2.75, 3.05) is 11.9 Å². The standard InChI is InChI=1S/C45H29N4O2.C6H4N.2Pt/c1-47-25-26-48(33-47)39-18-12-22-43(31-39)51-42-21-11-13-35(28-42)45-30-34(23-24-46-45)36-27-40(32-44(29-36)50-41-19-9-4-10-20-41)49(37-14-5-2-6-15-37)38-16-7-3-8-17-38;1-2-7-5-3-4-6-7;;/h2-19,21-22,24-27,30,32H,1H3;3-6H;;/q-3;-1;+2;+4. The Morgan fingerprint density at radius 1 is 0.633 bits per heavy atom. The summed E-state index contributed by atoms with van der Waals surface area (Å²) in [5.41, 5.74) is 6.78. The molecule has 0 unspecified atom stereocenters. The minimum atomic E-state index is 0. The van der Waals surface area contributed by atoms with E-state index in [1.54, 1.807) is 23.2 Å². The van der Waals surface area contributed by atoms with Crippen LogP contribution in [0.5, 0.6) is 23.0 Å². The van der Waals surface area contributed by atoms with Crippen LogP contribution in [0.3, 0.4) is 0 Å². The van der Waals surface area contributed by atoms with Crippen molar-refractivity contribution < 1.29 is 60.8 Å². The van der Waals surface area contributed by atoms with Crippen LogP contribution in [0.15, 0.2) is 183 Å². The molecule has 0 aliphatic carbocycles. The number of rotatable bonds is 10. The minimum absolute atomic E-state index is 0. The van der Waals surface area contributed by atoms with E-state index in [2.05, 4.69) is 82.6 Å². The summed E-state index contributed by atoms with van der Waals surface area (Å²) in [6.45, 7) is 0. The van der Waals surface area contributed by atoms with Crippen LogP contribution < -0.4 is 14.4 Å². The van der Waals surface area contributed by atoms with E-state index in [9.17, 15) is 0 Å². The molecular formula is C51H33N5O2Pt2+2. The third-order valence-electron chi connectivity index (χ3n) is 8.73. The topological polar surface area (TPSA) is 45.5 Å². The van der Waals surface area contributed by atoms with E-state index in [0.717, 1.165) is 39.4 Å². The predicted octanol–water partition coefficient (Wildman–Crippen LogP) is 11.3. The second-order valence-corrected chi connectivity index (χ2v) is 12.8. The molecule has 3 heterocycles. The van der Waals surface area contributed by atoms with E-state index in [1.807, 2.05) is 150 Å². The van der Waals surface area contributed by atoms with Crippen LogP contribution in [0, 0.1) is 42.8 Å². The summed E-state index contributed by atoms with van der Waals surface area (Å²) in [4.78, 5) is 6.85. The van der Waals surface area contributed by atoms with Gasteiger partial charge in [0.15, 0.2) is 7.05 Å². The van der Waals surface area contributed by atoms with Gasteiger partial charge in [-0.1, -0.05) is 81.7 Å². The Bertz CT molecular complexity index is 2760. The average molecular weight is 1140 g/mol. The van der Waals surface area contributed by atoms with E-state index in [-0.39, 0.29) is 42.1 Å². The summed E-state index contributed by atoms with van der Waals surface area (Å²) in [5, 5.41) is 0. The maximum Gasteiger partial charge on any atom is 4.00 e. The Balaban J connectivity index is 0.000000611. The van der Waals surface area contributed by atoms with Gasteiger partial charge in [0.05, 0.1) is 0 Å². The van der Waals surface area contributed by atoms with Gasteiger partial charge in [-0.3, -0.25) is 11.1 Å². The molecule has 7 nitrogen and oxygen atoms in total. The van der Waals surface area contributed by atoms with Crippen molar-refractivity contribution in [2.45, 2.75) is 0 Å². The minimum Gasteiger partial charge on any atom is -0.669 e. The number of benzene rings is 6. The SMILES string of the molecule is C[N+]1=C=[N+](c2[c-]c(Oc3[c-]c(-c4cc(-c5[c-]c(Oc6[c-]cccc6)cc(N(c6ccccc6)c6ccccc6)c5)[c-]cn4)ccc3)ccc2)C=C1.[C-]#Cn1cccc1.[Pt+2].[Pt+4]. The number of ether oxygens (including phenoxy) is 2. The number of hydrogen-bond acceptors (Lipinski definition) is 4. The zero-order valence-electron chi connectivity index (χ0n) is 32.0. The van der Waals surface area contributed by atoms with Crippen LogP contribution in [0.1, 0.15) is 0 Å².